The quantitative estimate of drug-likeness (QED) is 0.605. The second-order valence-electron chi connectivity index (χ2n) is 8.91. The normalized spacial score (nSPS) is 17.1. The number of nitrogens with one attached hydrogen (secondary N) is 1. The third kappa shape index (κ3) is 4.01. The molecule has 1 unspecified atom stereocenters. The Morgan fingerprint density at radius 3 is 2.68 bits per heavy atom. The number of rotatable bonds is 6. The van der Waals surface area contributed by atoms with Crippen LogP contribution in [0.15, 0.2) is 48.7 Å². The van der Waals surface area contributed by atoms with Crippen LogP contribution in [-0.4, -0.2) is 34.7 Å². The molecule has 2 aromatic carbocycles. The minimum Gasteiger partial charge on any atom is -0.495 e. The third-order valence-electron chi connectivity index (χ3n) is 6.40. The molecule has 3 aromatic rings. The van der Waals surface area contributed by atoms with Crippen molar-refractivity contribution in [1.29, 1.82) is 5.26 Å². The molecule has 1 aromatic heterocycles. The number of ether oxygens (including phenoxy) is 1. The van der Waals surface area contributed by atoms with Gasteiger partial charge >= 0.3 is 0 Å². The van der Waals surface area contributed by atoms with Gasteiger partial charge in [-0.25, -0.2) is 0 Å². The summed E-state index contributed by atoms with van der Waals surface area (Å²) in [6, 6.07) is 14.7. The first-order chi connectivity index (χ1) is 16.5. The van der Waals surface area contributed by atoms with Gasteiger partial charge in [0.05, 0.1) is 37.1 Å². The van der Waals surface area contributed by atoms with Crippen molar-refractivity contribution < 1.29 is 14.3 Å². The number of aromatic nitrogens is 2. The summed E-state index contributed by atoms with van der Waals surface area (Å²) in [6.07, 6.45) is 5.19. The first kappa shape index (κ1) is 21.7. The molecule has 0 radical (unpaired) electrons. The smallest absolute Gasteiger partial charge is 0.279 e. The van der Waals surface area contributed by atoms with Crippen molar-refractivity contribution in [3.8, 4) is 11.8 Å². The molecule has 1 saturated carbocycles. The summed E-state index contributed by atoms with van der Waals surface area (Å²) in [4.78, 5) is 28.2. The molecular formula is C26H25N5O3. The van der Waals surface area contributed by atoms with Crippen molar-refractivity contribution in [2.45, 2.75) is 38.8 Å². The highest BCUT2D eigenvalue weighted by Gasteiger charge is 2.34. The van der Waals surface area contributed by atoms with Crippen molar-refractivity contribution >= 4 is 23.2 Å². The van der Waals surface area contributed by atoms with Crippen LogP contribution in [0.3, 0.4) is 0 Å². The van der Waals surface area contributed by atoms with Gasteiger partial charge in [-0.05, 0) is 68.0 Å². The summed E-state index contributed by atoms with van der Waals surface area (Å²) in [5.74, 6) is 0.549. The molecule has 2 heterocycles. The van der Waals surface area contributed by atoms with Gasteiger partial charge in [-0.15, -0.1) is 0 Å². The predicted molar refractivity (Wildman–Crippen MR) is 127 cm³/mol. The molecule has 0 bridgehead atoms. The van der Waals surface area contributed by atoms with Crippen molar-refractivity contribution in [3.63, 3.8) is 0 Å². The maximum atomic E-state index is 13.5. The second-order valence-corrected chi connectivity index (χ2v) is 8.91. The lowest BCUT2D eigenvalue weighted by atomic mass is 10.1. The number of carbonyl (C=O) groups excluding carboxylic acids is 2. The number of benzene rings is 2. The molecule has 5 rings (SSSR count). The number of hydrogen-bond donors (Lipinski definition) is 1. The van der Waals surface area contributed by atoms with Crippen LogP contribution in [-0.2, 0) is 13.0 Å². The van der Waals surface area contributed by atoms with Crippen LogP contribution in [0.4, 0.5) is 11.4 Å². The van der Waals surface area contributed by atoms with Gasteiger partial charge in [-0.3, -0.25) is 14.3 Å². The van der Waals surface area contributed by atoms with E-state index in [9.17, 15) is 14.9 Å². The van der Waals surface area contributed by atoms with Gasteiger partial charge in [0.1, 0.15) is 17.5 Å². The van der Waals surface area contributed by atoms with Crippen molar-refractivity contribution in [3.05, 3.63) is 71.0 Å². The van der Waals surface area contributed by atoms with Crippen LogP contribution in [0.1, 0.15) is 51.7 Å². The maximum absolute atomic E-state index is 13.5. The van der Waals surface area contributed by atoms with Gasteiger partial charge in [0.25, 0.3) is 11.8 Å². The molecule has 1 aliphatic heterocycles. The number of methoxy groups -OCH3 is 1. The lowest BCUT2D eigenvalue weighted by Gasteiger charge is -2.34. The first-order valence-corrected chi connectivity index (χ1v) is 11.4. The summed E-state index contributed by atoms with van der Waals surface area (Å²) < 4.78 is 6.77. The minimum atomic E-state index is -0.433. The SMILES string of the molecule is COc1ccc(C(=O)Nc2cnn3c2C(=O)N(c2ccc(CC4CC4)cc2)C(C)C3)cc1C#N. The number of anilines is 2. The highest BCUT2D eigenvalue weighted by Crippen LogP contribution is 2.34. The lowest BCUT2D eigenvalue weighted by molar-refractivity contribution is 0.0948. The van der Waals surface area contributed by atoms with Gasteiger partial charge < -0.3 is 15.0 Å². The molecule has 2 aliphatic rings. The van der Waals surface area contributed by atoms with Crippen molar-refractivity contribution in [2.24, 2.45) is 5.92 Å². The monoisotopic (exact) mass is 455 g/mol. The fourth-order valence-electron chi connectivity index (χ4n) is 4.44. The van der Waals surface area contributed by atoms with Crippen molar-refractivity contribution in [2.75, 3.05) is 17.3 Å². The lowest BCUT2D eigenvalue weighted by Crippen LogP contribution is -2.47. The van der Waals surface area contributed by atoms with E-state index in [1.807, 2.05) is 25.1 Å². The molecule has 1 fully saturated rings. The molecule has 8 heteroatoms. The van der Waals surface area contributed by atoms with E-state index in [-0.39, 0.29) is 23.1 Å². The molecule has 1 N–H and O–H groups in total. The number of fused-ring (bicyclic) bond motifs is 1. The summed E-state index contributed by atoms with van der Waals surface area (Å²) >= 11 is 0. The average molecular weight is 456 g/mol. The van der Waals surface area contributed by atoms with E-state index in [4.69, 9.17) is 4.74 Å². The fraction of sp³-hybridized carbons (Fsp3) is 0.308. The minimum absolute atomic E-state index is 0.0856. The third-order valence-corrected chi connectivity index (χ3v) is 6.40. The van der Waals surface area contributed by atoms with Gasteiger partial charge in [-0.1, -0.05) is 12.1 Å². The summed E-state index contributed by atoms with van der Waals surface area (Å²) in [7, 11) is 1.47. The molecule has 1 atom stereocenters. The zero-order chi connectivity index (χ0) is 23.8. The Labute approximate surface area is 197 Å². The second kappa shape index (κ2) is 8.67. The molecule has 172 valence electrons. The van der Waals surface area contributed by atoms with Gasteiger partial charge in [0, 0.05) is 11.3 Å². The van der Waals surface area contributed by atoms with E-state index < -0.39 is 5.91 Å². The van der Waals surface area contributed by atoms with Crippen molar-refractivity contribution in [1.82, 2.24) is 9.78 Å². The van der Waals surface area contributed by atoms with E-state index in [1.54, 1.807) is 21.7 Å². The zero-order valence-electron chi connectivity index (χ0n) is 19.1. The molecule has 34 heavy (non-hydrogen) atoms. The van der Waals surface area contributed by atoms with E-state index in [0.29, 0.717) is 23.7 Å². The zero-order valence-corrected chi connectivity index (χ0v) is 19.1. The maximum Gasteiger partial charge on any atom is 0.279 e. The topological polar surface area (TPSA) is 100 Å². The molecule has 0 spiro atoms. The number of nitriles is 1. The predicted octanol–water partition coefficient (Wildman–Crippen LogP) is 4.02. The van der Waals surface area contributed by atoms with Crippen LogP contribution >= 0.6 is 0 Å². The van der Waals surface area contributed by atoms with E-state index >= 15 is 0 Å². The van der Waals surface area contributed by atoms with Crippen LogP contribution in [0, 0.1) is 17.2 Å². The Balaban J connectivity index is 1.39. The number of nitrogens with zero attached hydrogens (tertiary/aromatic N) is 4. The van der Waals surface area contributed by atoms with E-state index in [2.05, 4.69) is 22.5 Å². The highest BCUT2D eigenvalue weighted by molar-refractivity contribution is 6.13. The molecule has 1 aliphatic carbocycles. The Bertz CT molecular complexity index is 1300. The number of carbonyl (C=O) groups is 2. The first-order valence-electron chi connectivity index (χ1n) is 11.4. The van der Waals surface area contributed by atoms with Crippen LogP contribution in [0.5, 0.6) is 5.75 Å². The van der Waals surface area contributed by atoms with Gasteiger partial charge in [-0.2, -0.15) is 10.4 Å². The van der Waals surface area contributed by atoms with Crippen LogP contribution in [0.25, 0.3) is 0 Å². The molecule has 8 nitrogen and oxygen atoms in total. The number of hydrogen-bond acceptors (Lipinski definition) is 5. The molecule has 2 amide bonds. The van der Waals surface area contributed by atoms with Crippen LogP contribution in [0.2, 0.25) is 0 Å². The Morgan fingerprint density at radius 2 is 2.00 bits per heavy atom. The Hall–Kier alpha value is -4.12. The Morgan fingerprint density at radius 1 is 1.24 bits per heavy atom. The van der Waals surface area contributed by atoms with Gasteiger partial charge in [0.15, 0.2) is 0 Å². The summed E-state index contributed by atoms with van der Waals surface area (Å²) in [5.41, 5.74) is 3.34. The molecule has 0 saturated heterocycles. The van der Waals surface area contributed by atoms with E-state index in [1.165, 1.54) is 37.8 Å². The standard InChI is InChI=1S/C26H25N5O3/c1-16-15-30-24(26(33)31(16)21-8-5-18(6-9-21)11-17-3-4-17)22(14-28-30)29-25(32)19-7-10-23(34-2)20(12-19)13-27/h5-10,12,14,16-17H,3-4,11,15H2,1-2H3,(H,29,32). The fourth-order valence-corrected chi connectivity index (χ4v) is 4.44. The average Bonchev–Trinajstić information content (AvgIpc) is 3.57. The largest absolute Gasteiger partial charge is 0.495 e. The Kier molecular flexibility index (Phi) is 5.54. The summed E-state index contributed by atoms with van der Waals surface area (Å²) in [6.45, 7) is 2.50. The molecular weight excluding hydrogens is 430 g/mol. The highest BCUT2D eigenvalue weighted by atomic mass is 16.5. The van der Waals surface area contributed by atoms with Crippen LogP contribution < -0.4 is 15.0 Å². The van der Waals surface area contributed by atoms with Gasteiger partial charge in [0.2, 0.25) is 0 Å². The summed E-state index contributed by atoms with van der Waals surface area (Å²) in [5, 5.41) is 16.4. The van der Waals surface area contributed by atoms with E-state index in [0.717, 1.165) is 18.0 Å². The number of amides is 2.